The fourth-order valence-electron chi connectivity index (χ4n) is 0.742. The lowest BCUT2D eigenvalue weighted by molar-refractivity contribution is 0.851. The molecule has 2 nitrogen and oxygen atoms in total. The zero-order chi connectivity index (χ0) is 8.10. The van der Waals surface area contributed by atoms with Crippen molar-refractivity contribution in [1.29, 1.82) is 0 Å². The topological polar surface area (TPSA) is 38.4 Å². The molecule has 2 N–H and O–H groups in total. The van der Waals surface area contributed by atoms with Gasteiger partial charge in [0.05, 0.1) is 5.88 Å². The first-order valence-electron chi connectivity index (χ1n) is 3.83. The molecule has 0 bridgehead atoms. The van der Waals surface area contributed by atoms with Gasteiger partial charge in [-0.3, -0.25) is 4.99 Å². The van der Waals surface area contributed by atoms with Crippen LogP contribution in [0.2, 0.25) is 0 Å². The molecule has 0 aliphatic heterocycles. The molecule has 0 atom stereocenters. The molecular formula is C8H13ClN2. The van der Waals surface area contributed by atoms with Gasteiger partial charge in [-0.05, 0) is 25.0 Å². The largest absolute Gasteiger partial charge is 0.404 e. The van der Waals surface area contributed by atoms with Crippen molar-refractivity contribution < 1.29 is 0 Å². The van der Waals surface area contributed by atoms with E-state index in [2.05, 4.69) is 4.99 Å². The Morgan fingerprint density at radius 1 is 1.64 bits per heavy atom. The predicted octanol–water partition coefficient (Wildman–Crippen LogP) is 1.55. The van der Waals surface area contributed by atoms with Gasteiger partial charge in [-0.15, -0.1) is 11.6 Å². The first-order valence-corrected chi connectivity index (χ1v) is 4.37. The Balaban J connectivity index is 2.20. The van der Waals surface area contributed by atoms with Gasteiger partial charge in [0.2, 0.25) is 0 Å². The van der Waals surface area contributed by atoms with Gasteiger partial charge < -0.3 is 5.73 Å². The first-order chi connectivity index (χ1) is 5.36. The third-order valence-corrected chi connectivity index (χ3v) is 1.99. The SMILES string of the molecule is NC=C(C=NCC1CC1)CCl. The van der Waals surface area contributed by atoms with Crippen LogP contribution in [0.15, 0.2) is 16.8 Å². The third-order valence-electron chi connectivity index (χ3n) is 1.69. The number of rotatable bonds is 4. The van der Waals surface area contributed by atoms with Crippen molar-refractivity contribution in [3.63, 3.8) is 0 Å². The summed E-state index contributed by atoms with van der Waals surface area (Å²) >= 11 is 5.56. The summed E-state index contributed by atoms with van der Waals surface area (Å²) in [6.07, 6.45) is 5.94. The van der Waals surface area contributed by atoms with E-state index in [-0.39, 0.29) is 0 Å². The van der Waals surface area contributed by atoms with Crippen LogP contribution in [0, 0.1) is 5.92 Å². The van der Waals surface area contributed by atoms with Crippen molar-refractivity contribution in [2.45, 2.75) is 12.8 Å². The van der Waals surface area contributed by atoms with Crippen molar-refractivity contribution in [3.05, 3.63) is 11.8 Å². The van der Waals surface area contributed by atoms with E-state index in [1.54, 1.807) is 6.21 Å². The molecule has 0 heterocycles. The van der Waals surface area contributed by atoms with E-state index in [1.165, 1.54) is 19.0 Å². The fourth-order valence-corrected chi connectivity index (χ4v) is 0.900. The molecule has 1 fully saturated rings. The molecule has 0 spiro atoms. The molecule has 0 amide bonds. The van der Waals surface area contributed by atoms with Crippen LogP contribution in [-0.2, 0) is 0 Å². The molecule has 0 aromatic rings. The Bertz CT molecular complexity index is 171. The van der Waals surface area contributed by atoms with Crippen LogP contribution in [0.4, 0.5) is 0 Å². The Labute approximate surface area is 72.1 Å². The molecule has 0 aromatic heterocycles. The number of hydrogen-bond donors (Lipinski definition) is 1. The van der Waals surface area contributed by atoms with Crippen molar-refractivity contribution in [1.82, 2.24) is 0 Å². The number of alkyl halides is 1. The Kier molecular flexibility index (Phi) is 3.43. The first kappa shape index (κ1) is 8.60. The second-order valence-electron chi connectivity index (χ2n) is 2.81. The summed E-state index contributed by atoms with van der Waals surface area (Å²) in [4.78, 5) is 4.22. The zero-order valence-electron chi connectivity index (χ0n) is 6.46. The van der Waals surface area contributed by atoms with Gasteiger partial charge in [0, 0.05) is 18.3 Å². The highest BCUT2D eigenvalue weighted by atomic mass is 35.5. The van der Waals surface area contributed by atoms with E-state index in [0.717, 1.165) is 18.0 Å². The van der Waals surface area contributed by atoms with Gasteiger partial charge in [-0.2, -0.15) is 0 Å². The Morgan fingerprint density at radius 3 is 2.82 bits per heavy atom. The number of nitrogens with two attached hydrogens (primary N) is 1. The highest BCUT2D eigenvalue weighted by molar-refractivity contribution is 6.21. The minimum Gasteiger partial charge on any atom is -0.404 e. The Hall–Kier alpha value is -0.500. The summed E-state index contributed by atoms with van der Waals surface area (Å²) in [5.41, 5.74) is 6.17. The normalized spacial score (nSPS) is 19.5. The molecule has 0 saturated heterocycles. The van der Waals surface area contributed by atoms with E-state index in [4.69, 9.17) is 17.3 Å². The fraction of sp³-hybridized carbons (Fsp3) is 0.625. The van der Waals surface area contributed by atoms with Crippen molar-refractivity contribution in [2.24, 2.45) is 16.6 Å². The van der Waals surface area contributed by atoms with Crippen molar-refractivity contribution in [2.75, 3.05) is 12.4 Å². The lowest BCUT2D eigenvalue weighted by atomic mass is 10.3. The van der Waals surface area contributed by atoms with Crippen LogP contribution in [0.25, 0.3) is 0 Å². The maximum atomic E-state index is 5.56. The summed E-state index contributed by atoms with van der Waals surface area (Å²) in [5.74, 6) is 1.28. The van der Waals surface area contributed by atoms with Gasteiger partial charge in [-0.1, -0.05) is 0 Å². The molecule has 1 rings (SSSR count). The highest BCUT2D eigenvalue weighted by Crippen LogP contribution is 2.28. The summed E-state index contributed by atoms with van der Waals surface area (Å²) in [6, 6.07) is 0. The average molecular weight is 173 g/mol. The summed E-state index contributed by atoms with van der Waals surface area (Å²) in [5, 5.41) is 0. The summed E-state index contributed by atoms with van der Waals surface area (Å²) in [7, 11) is 0. The lowest BCUT2D eigenvalue weighted by Crippen LogP contribution is -1.93. The second-order valence-corrected chi connectivity index (χ2v) is 3.08. The molecule has 62 valence electrons. The van der Waals surface area contributed by atoms with Crippen LogP contribution in [0.1, 0.15) is 12.8 Å². The lowest BCUT2D eigenvalue weighted by Gasteiger charge is -1.91. The number of aliphatic imine (C=N–C) groups is 1. The van der Waals surface area contributed by atoms with Crippen LogP contribution in [0.3, 0.4) is 0 Å². The highest BCUT2D eigenvalue weighted by Gasteiger charge is 2.19. The minimum absolute atomic E-state index is 0.449. The van der Waals surface area contributed by atoms with E-state index in [1.807, 2.05) is 0 Å². The zero-order valence-corrected chi connectivity index (χ0v) is 7.22. The van der Waals surface area contributed by atoms with Gasteiger partial charge in [-0.25, -0.2) is 0 Å². The van der Waals surface area contributed by atoms with Crippen LogP contribution in [0.5, 0.6) is 0 Å². The summed E-state index contributed by atoms with van der Waals surface area (Å²) in [6.45, 7) is 0.939. The predicted molar refractivity (Wildman–Crippen MR) is 49.1 cm³/mol. The molecule has 1 saturated carbocycles. The van der Waals surface area contributed by atoms with Gasteiger partial charge in [0.15, 0.2) is 0 Å². The summed E-state index contributed by atoms with van der Waals surface area (Å²) < 4.78 is 0. The van der Waals surface area contributed by atoms with E-state index in [9.17, 15) is 0 Å². The molecular weight excluding hydrogens is 160 g/mol. The number of nitrogens with zero attached hydrogens (tertiary/aromatic N) is 1. The number of allylic oxidation sites excluding steroid dienone is 1. The van der Waals surface area contributed by atoms with Crippen LogP contribution in [-0.4, -0.2) is 18.6 Å². The number of halogens is 1. The van der Waals surface area contributed by atoms with Gasteiger partial charge in [0.1, 0.15) is 0 Å². The molecule has 1 aliphatic carbocycles. The van der Waals surface area contributed by atoms with E-state index >= 15 is 0 Å². The van der Waals surface area contributed by atoms with Crippen LogP contribution < -0.4 is 5.73 Å². The van der Waals surface area contributed by atoms with E-state index < -0.39 is 0 Å². The maximum absolute atomic E-state index is 5.56. The Morgan fingerprint density at radius 2 is 2.36 bits per heavy atom. The molecule has 11 heavy (non-hydrogen) atoms. The van der Waals surface area contributed by atoms with Crippen molar-refractivity contribution in [3.8, 4) is 0 Å². The smallest absolute Gasteiger partial charge is 0.0503 e. The van der Waals surface area contributed by atoms with E-state index in [0.29, 0.717) is 5.88 Å². The molecule has 0 unspecified atom stereocenters. The van der Waals surface area contributed by atoms with Gasteiger partial charge >= 0.3 is 0 Å². The monoisotopic (exact) mass is 172 g/mol. The van der Waals surface area contributed by atoms with Crippen molar-refractivity contribution >= 4 is 17.8 Å². The molecule has 0 aromatic carbocycles. The van der Waals surface area contributed by atoms with Crippen LogP contribution >= 0.6 is 11.6 Å². The average Bonchev–Trinajstić information content (AvgIpc) is 2.82. The molecule has 0 radical (unpaired) electrons. The number of hydrogen-bond acceptors (Lipinski definition) is 2. The molecule has 3 heteroatoms. The molecule has 1 aliphatic rings. The quantitative estimate of drug-likeness (QED) is 0.507. The van der Waals surface area contributed by atoms with Gasteiger partial charge in [0.25, 0.3) is 0 Å². The third kappa shape index (κ3) is 3.42. The maximum Gasteiger partial charge on any atom is 0.0503 e. The second kappa shape index (κ2) is 4.39. The minimum atomic E-state index is 0.449. The standard InChI is InChI=1S/C8H13ClN2/c9-3-8(4-10)6-11-5-7-1-2-7/h4,6-7H,1-3,5,10H2.